The number of H-pyrrole nitrogens is 1. The van der Waals surface area contributed by atoms with Crippen LogP contribution in [0, 0.1) is 5.92 Å². The number of fused-ring (bicyclic) bond motifs is 1. The Hall–Kier alpha value is -1.88. The van der Waals surface area contributed by atoms with Crippen molar-refractivity contribution < 1.29 is 0 Å². The van der Waals surface area contributed by atoms with Gasteiger partial charge in [-0.2, -0.15) is 0 Å². The van der Waals surface area contributed by atoms with E-state index >= 15 is 0 Å². The number of aromatic nitrogens is 2. The van der Waals surface area contributed by atoms with E-state index in [-0.39, 0.29) is 11.2 Å². The fourth-order valence-corrected chi connectivity index (χ4v) is 2.16. The molecule has 0 saturated carbocycles. The van der Waals surface area contributed by atoms with Gasteiger partial charge in [0.15, 0.2) is 0 Å². The number of hydrogen-bond acceptors (Lipinski definition) is 3. The summed E-state index contributed by atoms with van der Waals surface area (Å²) in [5, 5.41) is 3.74. The van der Waals surface area contributed by atoms with E-state index in [9.17, 15) is 9.59 Å². The molecule has 2 aromatic rings. The predicted molar refractivity (Wildman–Crippen MR) is 65.2 cm³/mol. The smallest absolute Gasteiger partial charge is 0.316 e. The van der Waals surface area contributed by atoms with Gasteiger partial charge in [-0.1, -0.05) is 12.1 Å². The predicted octanol–water partition coefficient (Wildman–Crippen LogP) is -0.0908. The number of nitrogens with one attached hydrogen (secondary N) is 2. The van der Waals surface area contributed by atoms with Crippen molar-refractivity contribution in [3.63, 3.8) is 0 Å². The van der Waals surface area contributed by atoms with E-state index in [0.29, 0.717) is 23.4 Å². The maximum absolute atomic E-state index is 11.8. The summed E-state index contributed by atoms with van der Waals surface area (Å²) >= 11 is 0. The first kappa shape index (κ1) is 10.3. The molecule has 1 aliphatic rings. The van der Waals surface area contributed by atoms with Crippen molar-refractivity contribution in [3.8, 4) is 0 Å². The number of aromatic amines is 1. The number of hydrogen-bond donors (Lipinski definition) is 2. The molecule has 0 spiro atoms. The van der Waals surface area contributed by atoms with Gasteiger partial charge in [-0.05, 0) is 12.1 Å². The molecule has 88 valence electrons. The van der Waals surface area contributed by atoms with Crippen LogP contribution >= 0.6 is 0 Å². The van der Waals surface area contributed by atoms with Crippen molar-refractivity contribution in [2.24, 2.45) is 5.92 Å². The minimum atomic E-state index is -0.319. The largest absolute Gasteiger partial charge is 0.328 e. The summed E-state index contributed by atoms with van der Waals surface area (Å²) in [7, 11) is 0. The summed E-state index contributed by atoms with van der Waals surface area (Å²) in [5.74, 6) is 0.474. The lowest BCUT2D eigenvalue weighted by Gasteiger charge is -2.27. The highest BCUT2D eigenvalue weighted by Gasteiger charge is 2.19. The van der Waals surface area contributed by atoms with Crippen molar-refractivity contribution in [1.29, 1.82) is 0 Å². The molecule has 17 heavy (non-hydrogen) atoms. The van der Waals surface area contributed by atoms with Crippen molar-refractivity contribution in [2.45, 2.75) is 6.54 Å². The molecule has 0 bridgehead atoms. The average Bonchev–Trinajstić information content (AvgIpc) is 2.26. The monoisotopic (exact) mass is 231 g/mol. The Balaban J connectivity index is 2.21. The Kier molecular flexibility index (Phi) is 2.33. The van der Waals surface area contributed by atoms with Crippen LogP contribution in [0.2, 0.25) is 0 Å². The lowest BCUT2D eigenvalue weighted by atomic mass is 10.0. The maximum Gasteiger partial charge on any atom is 0.328 e. The molecule has 0 atom stereocenters. The molecule has 1 saturated heterocycles. The first-order valence-corrected chi connectivity index (χ1v) is 5.68. The first-order valence-electron chi connectivity index (χ1n) is 5.68. The molecule has 2 heterocycles. The van der Waals surface area contributed by atoms with E-state index in [2.05, 4.69) is 10.3 Å². The third-order valence-electron chi connectivity index (χ3n) is 3.21. The molecule has 1 aliphatic heterocycles. The van der Waals surface area contributed by atoms with Crippen LogP contribution in [0.3, 0.4) is 0 Å². The lowest BCUT2D eigenvalue weighted by molar-refractivity contribution is 0.305. The molecule has 0 unspecified atom stereocenters. The second-order valence-electron chi connectivity index (χ2n) is 4.41. The summed E-state index contributed by atoms with van der Waals surface area (Å²) < 4.78 is 1.65. The van der Waals surface area contributed by atoms with Gasteiger partial charge in [0.05, 0.1) is 10.9 Å². The Morgan fingerprint density at radius 2 is 2.00 bits per heavy atom. The van der Waals surface area contributed by atoms with Gasteiger partial charge in [-0.15, -0.1) is 0 Å². The molecule has 1 aromatic carbocycles. The number of nitrogens with zero attached hydrogens (tertiary/aromatic N) is 1. The molecular weight excluding hydrogens is 218 g/mol. The molecule has 5 heteroatoms. The van der Waals surface area contributed by atoms with Gasteiger partial charge in [0.1, 0.15) is 0 Å². The SMILES string of the molecule is O=c1[nH]c(=O)n(CC2CNC2)c2ccccc12. The Morgan fingerprint density at radius 1 is 1.24 bits per heavy atom. The van der Waals surface area contributed by atoms with Gasteiger partial charge >= 0.3 is 5.69 Å². The molecule has 0 aliphatic carbocycles. The topological polar surface area (TPSA) is 66.9 Å². The van der Waals surface area contributed by atoms with Crippen LogP contribution < -0.4 is 16.6 Å². The Labute approximate surface area is 97.1 Å². The fourth-order valence-electron chi connectivity index (χ4n) is 2.16. The summed E-state index contributed by atoms with van der Waals surface area (Å²) in [6, 6.07) is 7.20. The van der Waals surface area contributed by atoms with Gasteiger partial charge in [0, 0.05) is 25.6 Å². The van der Waals surface area contributed by atoms with Gasteiger partial charge in [0.2, 0.25) is 0 Å². The van der Waals surface area contributed by atoms with Crippen molar-refractivity contribution in [1.82, 2.24) is 14.9 Å². The van der Waals surface area contributed by atoms with Gasteiger partial charge in [-0.3, -0.25) is 14.3 Å². The van der Waals surface area contributed by atoms with Gasteiger partial charge in [-0.25, -0.2) is 4.79 Å². The molecule has 5 nitrogen and oxygen atoms in total. The molecular formula is C12H13N3O2. The van der Waals surface area contributed by atoms with E-state index in [1.54, 1.807) is 16.7 Å². The minimum Gasteiger partial charge on any atom is -0.316 e. The van der Waals surface area contributed by atoms with E-state index in [1.807, 2.05) is 12.1 Å². The first-order chi connectivity index (χ1) is 8.25. The third-order valence-corrected chi connectivity index (χ3v) is 3.21. The van der Waals surface area contributed by atoms with Crippen molar-refractivity contribution in [2.75, 3.05) is 13.1 Å². The summed E-state index contributed by atoms with van der Waals surface area (Å²) in [6.45, 7) is 2.52. The fraction of sp³-hybridized carbons (Fsp3) is 0.333. The maximum atomic E-state index is 11.8. The van der Waals surface area contributed by atoms with Gasteiger partial charge < -0.3 is 5.32 Å². The van der Waals surface area contributed by atoms with E-state index in [0.717, 1.165) is 13.1 Å². The van der Waals surface area contributed by atoms with E-state index in [1.165, 1.54) is 0 Å². The third kappa shape index (κ3) is 1.68. The van der Waals surface area contributed by atoms with Crippen LogP contribution in [0.15, 0.2) is 33.9 Å². The van der Waals surface area contributed by atoms with Crippen LogP contribution in [-0.2, 0) is 6.54 Å². The van der Waals surface area contributed by atoms with Crippen molar-refractivity contribution in [3.05, 3.63) is 45.1 Å². The zero-order chi connectivity index (χ0) is 11.8. The number of rotatable bonds is 2. The Morgan fingerprint density at radius 3 is 2.71 bits per heavy atom. The van der Waals surface area contributed by atoms with Crippen LogP contribution in [0.4, 0.5) is 0 Å². The molecule has 0 amide bonds. The van der Waals surface area contributed by atoms with Crippen LogP contribution in [0.5, 0.6) is 0 Å². The number of para-hydroxylation sites is 1. The highest BCUT2D eigenvalue weighted by atomic mass is 16.2. The molecule has 1 fully saturated rings. The zero-order valence-corrected chi connectivity index (χ0v) is 9.27. The average molecular weight is 231 g/mol. The second kappa shape index (κ2) is 3.85. The van der Waals surface area contributed by atoms with Crippen LogP contribution in [0.25, 0.3) is 10.9 Å². The molecule has 3 rings (SSSR count). The highest BCUT2D eigenvalue weighted by Crippen LogP contribution is 2.11. The minimum absolute atomic E-state index is 0.311. The summed E-state index contributed by atoms with van der Waals surface area (Å²) in [4.78, 5) is 25.8. The van der Waals surface area contributed by atoms with E-state index in [4.69, 9.17) is 0 Å². The highest BCUT2D eigenvalue weighted by molar-refractivity contribution is 5.77. The van der Waals surface area contributed by atoms with E-state index < -0.39 is 0 Å². The normalized spacial score (nSPS) is 16.0. The van der Waals surface area contributed by atoms with Crippen LogP contribution in [0.1, 0.15) is 0 Å². The number of benzene rings is 1. The second-order valence-corrected chi connectivity index (χ2v) is 4.41. The van der Waals surface area contributed by atoms with Crippen molar-refractivity contribution >= 4 is 10.9 Å². The van der Waals surface area contributed by atoms with Gasteiger partial charge in [0.25, 0.3) is 5.56 Å². The standard InChI is InChI=1S/C12H13N3O2/c16-11-9-3-1-2-4-10(9)15(12(17)14-11)7-8-5-13-6-8/h1-4,8,13H,5-7H2,(H,14,16,17). The lowest BCUT2D eigenvalue weighted by Crippen LogP contribution is -2.46. The summed E-state index contributed by atoms with van der Waals surface area (Å²) in [5.41, 5.74) is 0.0855. The molecule has 0 radical (unpaired) electrons. The summed E-state index contributed by atoms with van der Waals surface area (Å²) in [6.07, 6.45) is 0. The molecule has 1 aromatic heterocycles. The quantitative estimate of drug-likeness (QED) is 0.759. The zero-order valence-electron chi connectivity index (χ0n) is 9.27. The Bertz CT molecular complexity index is 667. The van der Waals surface area contributed by atoms with Crippen LogP contribution in [-0.4, -0.2) is 22.6 Å². The molecule has 2 N–H and O–H groups in total.